The number of benzene rings is 1. The maximum atomic E-state index is 13.3. The van der Waals surface area contributed by atoms with Gasteiger partial charge in [-0.1, -0.05) is 25.0 Å². The Morgan fingerprint density at radius 1 is 1.22 bits per heavy atom. The molecule has 7 heteroatoms. The van der Waals surface area contributed by atoms with Crippen LogP contribution in [-0.4, -0.2) is 33.8 Å². The summed E-state index contributed by atoms with van der Waals surface area (Å²) in [7, 11) is 1.64. The van der Waals surface area contributed by atoms with Crippen molar-refractivity contribution in [2.45, 2.75) is 31.7 Å². The summed E-state index contributed by atoms with van der Waals surface area (Å²) in [6, 6.07) is 7.78. The van der Waals surface area contributed by atoms with Crippen molar-refractivity contribution in [1.29, 1.82) is 0 Å². The number of amides is 1. The Bertz CT molecular complexity index is 1010. The van der Waals surface area contributed by atoms with Gasteiger partial charge in [0.1, 0.15) is 11.3 Å². The summed E-state index contributed by atoms with van der Waals surface area (Å²) in [4.78, 5) is 32.8. The maximum Gasteiger partial charge on any atom is 0.271 e. The Balaban J connectivity index is 1.71. The lowest BCUT2D eigenvalue weighted by Crippen LogP contribution is -2.38. The highest BCUT2D eigenvalue weighted by atomic mass is 32.1. The number of methoxy groups -OCH3 is 1. The molecule has 0 saturated carbocycles. The molecule has 1 fully saturated rings. The van der Waals surface area contributed by atoms with Crippen LogP contribution in [0.4, 0.5) is 0 Å². The van der Waals surface area contributed by atoms with E-state index >= 15 is 0 Å². The first-order valence-corrected chi connectivity index (χ1v) is 9.97. The van der Waals surface area contributed by atoms with Crippen molar-refractivity contribution in [3.8, 4) is 5.75 Å². The molecule has 1 amide bonds. The molecule has 2 aromatic heterocycles. The molecule has 1 aromatic carbocycles. The second-order valence-corrected chi connectivity index (χ2v) is 7.54. The minimum absolute atomic E-state index is 0.0477. The molecule has 0 radical (unpaired) electrons. The Hall–Kier alpha value is -2.67. The molecule has 3 heterocycles. The predicted octanol–water partition coefficient (Wildman–Crippen LogP) is 3.52. The van der Waals surface area contributed by atoms with E-state index in [0.717, 1.165) is 37.0 Å². The SMILES string of the molecule is COc1ccc(C2CCCCCN2C(=O)c2cnc3sccn3c2=O)cc1. The Labute approximate surface area is 161 Å². The molecule has 3 aromatic rings. The van der Waals surface area contributed by atoms with Crippen LogP contribution in [0.5, 0.6) is 5.75 Å². The average Bonchev–Trinajstić information content (AvgIpc) is 3.05. The van der Waals surface area contributed by atoms with Crippen molar-refractivity contribution in [3.63, 3.8) is 0 Å². The van der Waals surface area contributed by atoms with Crippen LogP contribution < -0.4 is 10.3 Å². The predicted molar refractivity (Wildman–Crippen MR) is 105 cm³/mol. The number of aromatic nitrogens is 2. The number of thiazole rings is 1. The zero-order valence-corrected chi connectivity index (χ0v) is 15.9. The van der Waals surface area contributed by atoms with E-state index < -0.39 is 0 Å². The monoisotopic (exact) mass is 383 g/mol. The summed E-state index contributed by atoms with van der Waals surface area (Å²) in [5.41, 5.74) is 0.894. The molecule has 140 valence electrons. The van der Waals surface area contributed by atoms with Gasteiger partial charge in [-0.25, -0.2) is 4.98 Å². The number of hydrogen-bond acceptors (Lipinski definition) is 5. The first-order chi connectivity index (χ1) is 13.2. The van der Waals surface area contributed by atoms with Crippen LogP contribution in [0.15, 0.2) is 46.8 Å². The van der Waals surface area contributed by atoms with Gasteiger partial charge < -0.3 is 9.64 Å². The van der Waals surface area contributed by atoms with Gasteiger partial charge in [-0.3, -0.25) is 14.0 Å². The number of carbonyl (C=O) groups is 1. The summed E-state index contributed by atoms with van der Waals surface area (Å²) in [5, 5.41) is 1.80. The van der Waals surface area contributed by atoms with Gasteiger partial charge in [-0.05, 0) is 30.5 Å². The second-order valence-electron chi connectivity index (χ2n) is 6.67. The molecule has 0 N–H and O–H groups in total. The molecule has 1 aliphatic heterocycles. The molecular formula is C20H21N3O3S. The third-order valence-corrected chi connectivity index (χ3v) is 5.86. The van der Waals surface area contributed by atoms with Crippen molar-refractivity contribution in [3.05, 3.63) is 63.5 Å². The van der Waals surface area contributed by atoms with Gasteiger partial charge in [-0.15, -0.1) is 11.3 Å². The largest absolute Gasteiger partial charge is 0.497 e. The van der Waals surface area contributed by atoms with Gasteiger partial charge in [0.25, 0.3) is 11.5 Å². The maximum absolute atomic E-state index is 13.3. The first-order valence-electron chi connectivity index (χ1n) is 9.09. The average molecular weight is 383 g/mol. The van der Waals surface area contributed by atoms with Crippen LogP contribution in [-0.2, 0) is 0 Å². The van der Waals surface area contributed by atoms with Gasteiger partial charge in [0.15, 0.2) is 4.96 Å². The molecule has 0 spiro atoms. The highest BCUT2D eigenvalue weighted by Crippen LogP contribution is 2.32. The smallest absolute Gasteiger partial charge is 0.271 e. The summed E-state index contributed by atoms with van der Waals surface area (Å²) >= 11 is 1.38. The molecule has 1 unspecified atom stereocenters. The Kier molecular flexibility index (Phi) is 4.94. The number of ether oxygens (including phenoxy) is 1. The van der Waals surface area contributed by atoms with Gasteiger partial charge in [-0.2, -0.15) is 0 Å². The van der Waals surface area contributed by atoms with Crippen LogP contribution >= 0.6 is 11.3 Å². The third-order valence-electron chi connectivity index (χ3n) is 5.09. The van der Waals surface area contributed by atoms with E-state index in [4.69, 9.17) is 4.74 Å². The van der Waals surface area contributed by atoms with Crippen molar-refractivity contribution in [2.75, 3.05) is 13.7 Å². The summed E-state index contributed by atoms with van der Waals surface area (Å²) in [6.45, 7) is 0.640. The first kappa shape index (κ1) is 17.7. The molecule has 6 nitrogen and oxygen atoms in total. The zero-order valence-electron chi connectivity index (χ0n) is 15.1. The van der Waals surface area contributed by atoms with E-state index in [1.165, 1.54) is 21.9 Å². The van der Waals surface area contributed by atoms with E-state index in [2.05, 4.69) is 4.98 Å². The molecular weight excluding hydrogens is 362 g/mol. The fourth-order valence-corrected chi connectivity index (χ4v) is 4.33. The second kappa shape index (κ2) is 7.52. The van der Waals surface area contributed by atoms with Crippen molar-refractivity contribution in [1.82, 2.24) is 14.3 Å². The number of carbonyl (C=O) groups excluding carboxylic acids is 1. The zero-order chi connectivity index (χ0) is 18.8. The summed E-state index contributed by atoms with van der Waals surface area (Å²) < 4.78 is 6.68. The quantitative estimate of drug-likeness (QED) is 0.694. The Morgan fingerprint density at radius 3 is 2.81 bits per heavy atom. The number of hydrogen-bond donors (Lipinski definition) is 0. The highest BCUT2D eigenvalue weighted by molar-refractivity contribution is 7.15. The topological polar surface area (TPSA) is 63.9 Å². The minimum atomic E-state index is -0.302. The number of fused-ring (bicyclic) bond motifs is 1. The van der Waals surface area contributed by atoms with Crippen LogP contribution in [0.3, 0.4) is 0 Å². The normalized spacial score (nSPS) is 17.7. The van der Waals surface area contributed by atoms with Gasteiger partial charge >= 0.3 is 0 Å². The van der Waals surface area contributed by atoms with Gasteiger partial charge in [0.05, 0.1) is 13.2 Å². The molecule has 0 aliphatic carbocycles. The fraction of sp³-hybridized carbons (Fsp3) is 0.350. The van der Waals surface area contributed by atoms with Crippen LogP contribution in [0.1, 0.15) is 47.6 Å². The lowest BCUT2D eigenvalue weighted by molar-refractivity contribution is 0.0678. The van der Waals surface area contributed by atoms with Gasteiger partial charge in [0.2, 0.25) is 0 Å². The number of likely N-dealkylation sites (tertiary alicyclic amines) is 1. The van der Waals surface area contributed by atoms with Crippen LogP contribution in [0, 0.1) is 0 Å². The standard InChI is InChI=1S/C20H21N3O3S/c1-26-15-8-6-14(7-9-15)17-5-3-2-4-10-22(17)18(24)16-13-21-20-23(19(16)25)11-12-27-20/h6-9,11-13,17H,2-5,10H2,1H3. The molecule has 4 rings (SSSR count). The molecule has 1 atom stereocenters. The number of nitrogens with zero attached hydrogens (tertiary/aromatic N) is 3. The van der Waals surface area contributed by atoms with Crippen molar-refractivity contribution < 1.29 is 9.53 Å². The van der Waals surface area contributed by atoms with Crippen LogP contribution in [0.2, 0.25) is 0 Å². The minimum Gasteiger partial charge on any atom is -0.497 e. The fourth-order valence-electron chi connectivity index (χ4n) is 3.65. The van der Waals surface area contributed by atoms with Crippen LogP contribution in [0.25, 0.3) is 4.96 Å². The van der Waals surface area contributed by atoms with Crippen molar-refractivity contribution >= 4 is 22.2 Å². The van der Waals surface area contributed by atoms with E-state index in [0.29, 0.717) is 11.5 Å². The molecule has 0 bridgehead atoms. The van der Waals surface area contributed by atoms with E-state index in [1.54, 1.807) is 18.7 Å². The van der Waals surface area contributed by atoms with E-state index in [1.807, 2.05) is 29.2 Å². The highest BCUT2D eigenvalue weighted by Gasteiger charge is 2.29. The number of rotatable bonds is 3. The summed E-state index contributed by atoms with van der Waals surface area (Å²) in [6.07, 6.45) is 7.04. The van der Waals surface area contributed by atoms with E-state index in [-0.39, 0.29) is 23.1 Å². The van der Waals surface area contributed by atoms with Crippen molar-refractivity contribution in [2.24, 2.45) is 0 Å². The molecule has 1 aliphatic rings. The Morgan fingerprint density at radius 2 is 2.04 bits per heavy atom. The van der Waals surface area contributed by atoms with Gasteiger partial charge in [0, 0.05) is 24.3 Å². The lowest BCUT2D eigenvalue weighted by Gasteiger charge is -2.30. The molecule has 1 saturated heterocycles. The lowest BCUT2D eigenvalue weighted by atomic mass is 10.00. The summed E-state index contributed by atoms with van der Waals surface area (Å²) in [5.74, 6) is 0.548. The van der Waals surface area contributed by atoms with E-state index in [9.17, 15) is 9.59 Å². The molecule has 27 heavy (non-hydrogen) atoms. The third kappa shape index (κ3) is 3.35.